The highest BCUT2D eigenvalue weighted by atomic mass is 35.5. The van der Waals surface area contributed by atoms with Crippen LogP contribution in [0.15, 0.2) is 152 Å². The molecule has 0 bridgehead atoms. The van der Waals surface area contributed by atoms with E-state index in [1.807, 2.05) is 119 Å². The van der Waals surface area contributed by atoms with Crippen LogP contribution in [0.25, 0.3) is 50.3 Å². The number of anilines is 9. The smallest absolute Gasteiger partial charge is 0.271 e. The van der Waals surface area contributed by atoms with Gasteiger partial charge >= 0.3 is 0 Å². The van der Waals surface area contributed by atoms with Gasteiger partial charge in [0.15, 0.2) is 6.10 Å². The van der Waals surface area contributed by atoms with Crippen LogP contribution in [0, 0.1) is 0 Å². The number of aliphatic imine (C=N–C) groups is 1. The zero-order valence-electron chi connectivity index (χ0n) is 52.0. The Morgan fingerprint density at radius 3 is 1.33 bits per heavy atom. The summed E-state index contributed by atoms with van der Waals surface area (Å²) >= 11 is 20.5. The van der Waals surface area contributed by atoms with Gasteiger partial charge in [-0.05, 0) is 123 Å². The van der Waals surface area contributed by atoms with Gasteiger partial charge in [-0.25, -0.2) is 43.5 Å². The number of aliphatic hydroxyl groups is 1. The number of halogens is 3. The Morgan fingerprint density at radius 1 is 0.547 bits per heavy atom. The maximum atomic E-state index is 17.0. The first-order chi connectivity index (χ1) is 46.3. The first-order valence-corrected chi connectivity index (χ1v) is 31.4. The molecule has 12 aromatic rings. The number of carbonyl (C=O) groups excluding carboxylic acids is 1. The number of nitrogens with zero attached hydrogens (tertiary/aromatic N) is 17. The number of likely N-dealkylation sites (N-methyl/N-ethyl adjacent to an activating group) is 1. The van der Waals surface area contributed by atoms with Crippen LogP contribution in [0.2, 0.25) is 15.1 Å². The third kappa shape index (κ3) is 10.3. The van der Waals surface area contributed by atoms with Gasteiger partial charge < -0.3 is 50.0 Å². The summed E-state index contributed by atoms with van der Waals surface area (Å²) < 4.78 is 23.4. The minimum absolute atomic E-state index is 0.216. The number of fused-ring (bicyclic) bond motifs is 6. The van der Waals surface area contributed by atoms with Crippen molar-refractivity contribution in [2.45, 2.75) is 31.0 Å². The summed E-state index contributed by atoms with van der Waals surface area (Å²) in [5.74, 6) is 1.95. The van der Waals surface area contributed by atoms with E-state index in [4.69, 9.17) is 69.0 Å². The van der Waals surface area contributed by atoms with Gasteiger partial charge in [-0.3, -0.25) is 14.7 Å². The number of amidine groups is 1. The second kappa shape index (κ2) is 24.3. The van der Waals surface area contributed by atoms with E-state index in [0.717, 1.165) is 38.8 Å². The van der Waals surface area contributed by atoms with Crippen LogP contribution in [-0.4, -0.2) is 154 Å². The van der Waals surface area contributed by atoms with Gasteiger partial charge in [-0.15, -0.1) is 0 Å². The van der Waals surface area contributed by atoms with Gasteiger partial charge in [0.2, 0.25) is 23.5 Å². The van der Waals surface area contributed by atoms with Crippen LogP contribution in [0.4, 0.5) is 52.0 Å². The van der Waals surface area contributed by atoms with E-state index < -0.39 is 17.7 Å². The molecule has 3 aliphatic heterocycles. The number of hydrogen-bond acceptors (Lipinski definition) is 20. The third-order valence-corrected chi connectivity index (χ3v) is 18.5. The van der Waals surface area contributed by atoms with Gasteiger partial charge in [-0.1, -0.05) is 53.0 Å². The zero-order valence-corrected chi connectivity index (χ0v) is 54.3. The highest BCUT2D eigenvalue weighted by molar-refractivity contribution is 6.34. The lowest BCUT2D eigenvalue weighted by molar-refractivity contribution is -0.134. The van der Waals surface area contributed by atoms with Crippen molar-refractivity contribution in [3.63, 3.8) is 0 Å². The van der Waals surface area contributed by atoms with Crippen molar-refractivity contribution in [1.82, 2.24) is 63.6 Å². The Morgan fingerprint density at radius 2 is 0.926 bits per heavy atom. The third-order valence-electron chi connectivity index (χ3n) is 17.7. The summed E-state index contributed by atoms with van der Waals surface area (Å²) in [6.45, 7) is 0.896. The lowest BCUT2D eigenvalue weighted by Crippen LogP contribution is -2.75. The molecule has 3 aromatic carbocycles. The van der Waals surface area contributed by atoms with Crippen molar-refractivity contribution >= 4 is 115 Å². The van der Waals surface area contributed by atoms with E-state index >= 15 is 4.79 Å². The monoisotopic (exact) mass is 1330 g/mol. The molecule has 1 amide bonds. The molecule has 28 heteroatoms. The van der Waals surface area contributed by atoms with E-state index in [9.17, 15) is 5.11 Å². The molecule has 0 spiro atoms. The number of aromatic nitrogens is 12. The number of rotatable bonds is 17. The fourth-order valence-electron chi connectivity index (χ4n) is 13.2. The molecule has 25 nitrogen and oxygen atoms in total. The Labute approximate surface area is 558 Å². The fraction of sp³-hybridized carbons (Fsp3) is 0.209. The van der Waals surface area contributed by atoms with Crippen LogP contribution in [0.1, 0.15) is 16.7 Å². The van der Waals surface area contributed by atoms with Gasteiger partial charge in [0.05, 0.1) is 124 Å². The van der Waals surface area contributed by atoms with Crippen LogP contribution >= 0.6 is 34.8 Å². The SMILES string of the molecule is CN=C(C(O)C(C(=O)N1CCc2cc(OC)c(Nc3ncc(Cl)c(-c4cnn5ccccc45)n3)cc21)(N(C)C)N1CCc2cc(OC)c(Nc3ncc(Cl)c(-c4cnn5ccccc45)n3)cc21)N1CCc2cc(OC)c(Nc3ncc(Cl)c(-c4cnn5ccccc45)n3)cc21. The highest BCUT2D eigenvalue weighted by Gasteiger charge is 2.59. The number of nitrogens with one attached hydrogen (secondary N) is 3. The number of hydrogen-bond donors (Lipinski definition) is 4. The number of carbonyl (C=O) groups is 1. The summed E-state index contributed by atoms with van der Waals surface area (Å²) in [7, 11) is 9.99. The molecule has 0 radical (unpaired) electrons. The van der Waals surface area contributed by atoms with Crippen molar-refractivity contribution in [1.29, 1.82) is 0 Å². The Kier molecular flexibility index (Phi) is 15.5. The second-order valence-corrected chi connectivity index (χ2v) is 24.2. The molecule has 3 aliphatic rings. The zero-order chi connectivity index (χ0) is 65.4. The Bertz CT molecular complexity index is 5080. The standard InChI is InChI=1S/C67H59Cl3N20O5/c1-71-62(85-22-16-37-25-55(93-4)46(28-52(37)85)78-64-72-34-43(68)58(81-64)40-31-75-88-19-10-7-13-49(40)88)61(91)67(84(2)3,87-24-18-39-27-57(95-6)48(30-54(39)87)80-66-74-36-45(70)60(83-66)42-33-77-90-21-12-9-15-51(42)90)63(92)86-23-17-38-26-56(94-5)47(29-53(38)86)79-65-73-35-44(69)59(82-65)41-32-76-89-20-11-8-14-50(41)89/h7-15,19-21,25-36,61,91H,16-18,22-24H2,1-6H3,(H,72,78,81)(H,73,79,82)(H,74,80,83). The Hall–Kier alpha value is -10.7. The molecule has 12 heterocycles. The van der Waals surface area contributed by atoms with Gasteiger partial charge in [-0.2, -0.15) is 15.3 Å². The summed E-state index contributed by atoms with van der Waals surface area (Å²) in [5.41, 5.74) is 9.98. The number of ether oxygens (including phenoxy) is 3. The molecule has 4 N–H and O–H groups in total. The van der Waals surface area contributed by atoms with Gasteiger partial charge in [0.1, 0.15) is 23.1 Å². The molecule has 0 fully saturated rings. The second-order valence-electron chi connectivity index (χ2n) is 23.0. The molecular formula is C67H59Cl3N20O5. The maximum absolute atomic E-state index is 17.0. The summed E-state index contributed by atoms with van der Waals surface area (Å²) in [5, 5.41) is 38.8. The predicted molar refractivity (Wildman–Crippen MR) is 366 cm³/mol. The molecule has 478 valence electrons. The largest absolute Gasteiger partial charge is 0.495 e. The van der Waals surface area contributed by atoms with Crippen molar-refractivity contribution < 1.29 is 24.1 Å². The lowest BCUT2D eigenvalue weighted by Gasteiger charge is -2.51. The van der Waals surface area contributed by atoms with Crippen molar-refractivity contribution in [2.24, 2.45) is 4.99 Å². The number of methoxy groups -OCH3 is 3. The molecule has 95 heavy (non-hydrogen) atoms. The topological polar surface area (TPSA) is 256 Å². The quantitative estimate of drug-likeness (QED) is 0.0488. The van der Waals surface area contributed by atoms with E-state index in [1.54, 1.807) is 90.6 Å². The van der Waals surface area contributed by atoms with Gasteiger partial charge in [0.25, 0.3) is 5.91 Å². The molecule has 15 rings (SSSR count). The number of amides is 1. The highest BCUT2D eigenvalue weighted by Crippen LogP contribution is 2.48. The Balaban J connectivity index is 0.828. The molecule has 0 saturated carbocycles. The van der Waals surface area contributed by atoms with Crippen LogP contribution in [0.5, 0.6) is 17.2 Å². The molecule has 2 unspecified atom stereocenters. The average Bonchev–Trinajstić information content (AvgIpc) is 1.65. The van der Waals surface area contributed by atoms with Crippen molar-refractivity contribution in [3.8, 4) is 51.0 Å². The maximum Gasteiger partial charge on any atom is 0.271 e. The van der Waals surface area contributed by atoms with Gasteiger partial charge in [0, 0.05) is 79.0 Å². The number of aliphatic hydroxyl groups excluding tert-OH is 1. The van der Waals surface area contributed by atoms with Crippen LogP contribution in [-0.2, 0) is 24.1 Å². The van der Waals surface area contributed by atoms with Crippen molar-refractivity contribution in [3.05, 3.63) is 179 Å². The summed E-state index contributed by atoms with van der Waals surface area (Å²) in [6.07, 6.45) is 15.1. The van der Waals surface area contributed by atoms with E-state index in [-0.39, 0.29) is 36.8 Å². The fourth-order valence-corrected chi connectivity index (χ4v) is 13.8. The van der Waals surface area contributed by atoms with Crippen molar-refractivity contribution in [2.75, 3.05) is 92.8 Å². The molecule has 2 atom stereocenters. The minimum atomic E-state index is -1.96. The average molecular weight is 1330 g/mol. The minimum Gasteiger partial charge on any atom is -0.495 e. The molecule has 0 aliphatic carbocycles. The lowest BCUT2D eigenvalue weighted by atomic mass is 9.93. The van der Waals surface area contributed by atoms with E-state index in [1.165, 1.54) is 12.4 Å². The summed E-state index contributed by atoms with van der Waals surface area (Å²) in [4.78, 5) is 58.0. The van der Waals surface area contributed by atoms with E-state index in [2.05, 4.69) is 46.2 Å². The first kappa shape index (κ1) is 60.5. The predicted octanol–water partition coefficient (Wildman–Crippen LogP) is 10.9. The molecule has 0 saturated heterocycles. The molecular weight excluding hydrogens is 1270 g/mol. The van der Waals surface area contributed by atoms with Crippen LogP contribution < -0.4 is 44.9 Å². The number of pyridine rings is 3. The molecule has 9 aromatic heterocycles. The first-order valence-electron chi connectivity index (χ1n) is 30.3. The van der Waals surface area contributed by atoms with Crippen LogP contribution in [0.3, 0.4) is 0 Å². The summed E-state index contributed by atoms with van der Waals surface area (Å²) in [6, 6.07) is 28.7. The normalized spacial score (nSPS) is 14.6. The number of benzene rings is 3. The van der Waals surface area contributed by atoms with E-state index in [0.29, 0.717) is 120 Å².